The van der Waals surface area contributed by atoms with Gasteiger partial charge in [0.2, 0.25) is 5.91 Å². The van der Waals surface area contributed by atoms with Crippen molar-refractivity contribution in [2.45, 2.75) is 36.9 Å². The smallest absolute Gasteiger partial charge is 0.266 e. The monoisotopic (exact) mass is 373 g/mol. The molecule has 1 atom stereocenters. The largest absolute Gasteiger partial charge is 0.274 e. The molecule has 1 heterocycles. The molecule has 0 saturated carbocycles. The van der Waals surface area contributed by atoms with Gasteiger partial charge >= 0.3 is 0 Å². The Kier molecular flexibility index (Phi) is 4.59. The summed E-state index contributed by atoms with van der Waals surface area (Å²) in [5.41, 5.74) is 1.07. The van der Waals surface area contributed by atoms with E-state index in [4.69, 9.17) is 0 Å². The molecular formula is C19H23NO3SSi. The molecule has 4 nitrogen and oxygen atoms in total. The van der Waals surface area contributed by atoms with Gasteiger partial charge in [0.25, 0.3) is 10.0 Å². The zero-order valence-electron chi connectivity index (χ0n) is 14.8. The highest BCUT2D eigenvalue weighted by Gasteiger charge is 2.45. The van der Waals surface area contributed by atoms with Crippen LogP contribution in [0.2, 0.25) is 18.6 Å². The normalized spacial score (nSPS) is 18.6. The number of carbonyl (C=O) groups excluding carboxylic acids is 1. The first kappa shape index (κ1) is 17.9. The fourth-order valence-corrected chi connectivity index (χ4v) is 7.77. The van der Waals surface area contributed by atoms with Crippen LogP contribution in [0.3, 0.4) is 0 Å². The van der Waals surface area contributed by atoms with E-state index in [2.05, 4.69) is 25.2 Å². The summed E-state index contributed by atoms with van der Waals surface area (Å²) in [6.07, 6.45) is 0.305. The molecule has 1 aliphatic heterocycles. The fourth-order valence-electron chi connectivity index (χ4n) is 3.34. The number of sulfonamides is 1. The van der Waals surface area contributed by atoms with Crippen LogP contribution in [-0.4, -0.2) is 33.2 Å². The predicted molar refractivity (Wildman–Crippen MR) is 102 cm³/mol. The average Bonchev–Trinajstić information content (AvgIpc) is 2.99. The van der Waals surface area contributed by atoms with E-state index in [1.54, 1.807) is 24.3 Å². The average molecular weight is 374 g/mol. The lowest BCUT2D eigenvalue weighted by molar-refractivity contribution is -0.123. The third-order valence-corrected chi connectivity index (χ3v) is 11.3. The highest BCUT2D eigenvalue weighted by molar-refractivity contribution is 7.89. The van der Waals surface area contributed by atoms with Gasteiger partial charge in [0, 0.05) is 13.0 Å². The lowest BCUT2D eigenvalue weighted by Gasteiger charge is -2.29. The van der Waals surface area contributed by atoms with Crippen molar-refractivity contribution in [3.8, 4) is 0 Å². The fraction of sp³-hybridized carbons (Fsp3) is 0.316. The Labute approximate surface area is 150 Å². The standard InChI is InChI=1S/C19H23NO3SSi/c1-15-9-11-16(12-10-15)24(22,23)20-14-18(13-19(20)21)25(2,3)17-7-5-4-6-8-17/h4-12,18H,13-14H2,1-3H3/t18-/m1/s1. The van der Waals surface area contributed by atoms with Gasteiger partial charge in [-0.25, -0.2) is 12.7 Å². The van der Waals surface area contributed by atoms with Crippen LogP contribution in [0, 0.1) is 6.92 Å². The van der Waals surface area contributed by atoms with E-state index >= 15 is 0 Å². The number of benzene rings is 2. The zero-order chi connectivity index (χ0) is 18.2. The maximum Gasteiger partial charge on any atom is 0.266 e. The summed E-state index contributed by atoms with van der Waals surface area (Å²) in [6.45, 7) is 6.61. The number of carbonyl (C=O) groups is 1. The number of hydrogen-bond acceptors (Lipinski definition) is 3. The van der Waals surface area contributed by atoms with Crippen molar-refractivity contribution < 1.29 is 13.2 Å². The Morgan fingerprint density at radius 3 is 2.20 bits per heavy atom. The first-order chi connectivity index (χ1) is 11.7. The lowest BCUT2D eigenvalue weighted by Crippen LogP contribution is -2.47. The highest BCUT2D eigenvalue weighted by atomic mass is 32.2. The van der Waals surface area contributed by atoms with Gasteiger partial charge in [-0.2, -0.15) is 0 Å². The molecule has 25 heavy (non-hydrogen) atoms. The van der Waals surface area contributed by atoms with Crippen LogP contribution < -0.4 is 5.19 Å². The Hall–Kier alpha value is -1.92. The second kappa shape index (κ2) is 6.42. The van der Waals surface area contributed by atoms with Crippen LogP contribution in [0.1, 0.15) is 12.0 Å². The number of hydrogen-bond donors (Lipinski definition) is 0. The summed E-state index contributed by atoms with van der Waals surface area (Å²) in [7, 11) is -5.72. The minimum absolute atomic E-state index is 0.0858. The molecule has 0 aliphatic carbocycles. The molecule has 132 valence electrons. The first-order valence-corrected chi connectivity index (χ1v) is 12.9. The van der Waals surface area contributed by atoms with Gasteiger partial charge in [0.05, 0.1) is 13.0 Å². The van der Waals surface area contributed by atoms with Crippen LogP contribution in [0.25, 0.3) is 0 Å². The molecule has 1 fully saturated rings. The first-order valence-electron chi connectivity index (χ1n) is 8.40. The molecule has 0 N–H and O–H groups in total. The summed E-state index contributed by atoms with van der Waals surface area (Å²) in [5, 5.41) is 1.25. The van der Waals surface area contributed by atoms with Crippen molar-refractivity contribution in [2.75, 3.05) is 6.54 Å². The van der Waals surface area contributed by atoms with Gasteiger partial charge < -0.3 is 0 Å². The van der Waals surface area contributed by atoms with Gasteiger partial charge in [-0.05, 0) is 24.6 Å². The molecule has 0 radical (unpaired) electrons. The van der Waals surface area contributed by atoms with Crippen molar-refractivity contribution in [1.29, 1.82) is 0 Å². The third-order valence-electron chi connectivity index (χ3n) is 5.23. The summed E-state index contributed by atoms with van der Waals surface area (Å²) < 4.78 is 26.9. The second-order valence-electron chi connectivity index (χ2n) is 7.23. The van der Waals surface area contributed by atoms with Gasteiger partial charge in [-0.15, -0.1) is 0 Å². The summed E-state index contributed by atoms with van der Waals surface area (Å²) in [5.74, 6) is -0.290. The Morgan fingerprint density at radius 2 is 1.60 bits per heavy atom. The number of amides is 1. The molecule has 3 rings (SSSR count). The van der Waals surface area contributed by atoms with E-state index in [1.807, 2.05) is 25.1 Å². The number of aryl methyl sites for hydroxylation is 1. The molecule has 1 amide bonds. The molecule has 6 heteroatoms. The van der Waals surface area contributed by atoms with Crippen molar-refractivity contribution >= 4 is 29.2 Å². The Morgan fingerprint density at radius 1 is 1.00 bits per heavy atom. The molecule has 2 aromatic rings. The SMILES string of the molecule is Cc1ccc(S(=O)(=O)N2C[C@H]([Si](C)(C)c3ccccc3)CC2=O)cc1. The van der Waals surface area contributed by atoms with Gasteiger partial charge in [0.15, 0.2) is 0 Å². The van der Waals surface area contributed by atoms with Gasteiger partial charge in [-0.3, -0.25) is 4.79 Å². The molecule has 0 bridgehead atoms. The van der Waals surface area contributed by atoms with Crippen molar-refractivity contribution in [3.63, 3.8) is 0 Å². The highest BCUT2D eigenvalue weighted by Crippen LogP contribution is 2.35. The number of nitrogens with zero attached hydrogens (tertiary/aromatic N) is 1. The minimum atomic E-state index is -3.77. The van der Waals surface area contributed by atoms with Crippen LogP contribution in [-0.2, 0) is 14.8 Å². The van der Waals surface area contributed by atoms with E-state index in [1.165, 1.54) is 5.19 Å². The van der Waals surface area contributed by atoms with E-state index < -0.39 is 18.1 Å². The second-order valence-corrected chi connectivity index (χ2v) is 13.9. The molecule has 1 saturated heterocycles. The minimum Gasteiger partial charge on any atom is -0.274 e. The van der Waals surface area contributed by atoms with E-state index in [0.717, 1.165) is 9.87 Å². The maximum absolute atomic E-state index is 12.9. The van der Waals surface area contributed by atoms with Gasteiger partial charge in [-0.1, -0.05) is 66.3 Å². The molecular weight excluding hydrogens is 350 g/mol. The summed E-state index contributed by atoms with van der Waals surface area (Å²) >= 11 is 0. The van der Waals surface area contributed by atoms with Crippen LogP contribution >= 0.6 is 0 Å². The summed E-state index contributed by atoms with van der Waals surface area (Å²) in [4.78, 5) is 12.7. The molecule has 0 aromatic heterocycles. The van der Waals surface area contributed by atoms with E-state index in [0.29, 0.717) is 6.42 Å². The maximum atomic E-state index is 12.9. The van der Waals surface area contributed by atoms with Crippen molar-refractivity contribution in [3.05, 3.63) is 60.2 Å². The Bertz CT molecular complexity index is 877. The zero-order valence-corrected chi connectivity index (χ0v) is 16.6. The van der Waals surface area contributed by atoms with Crippen molar-refractivity contribution in [1.82, 2.24) is 4.31 Å². The Balaban J connectivity index is 1.89. The lowest BCUT2D eigenvalue weighted by atomic mass is 10.2. The third kappa shape index (κ3) is 3.28. The molecule has 2 aromatic carbocycles. The molecule has 0 spiro atoms. The van der Waals surface area contributed by atoms with Crippen molar-refractivity contribution in [2.24, 2.45) is 0 Å². The number of rotatable bonds is 4. The predicted octanol–water partition coefficient (Wildman–Crippen LogP) is 2.90. The van der Waals surface area contributed by atoms with Crippen LogP contribution in [0.4, 0.5) is 0 Å². The molecule has 0 unspecified atom stereocenters. The summed E-state index contributed by atoms with van der Waals surface area (Å²) in [6, 6.07) is 16.8. The van der Waals surface area contributed by atoms with E-state index in [9.17, 15) is 13.2 Å². The van der Waals surface area contributed by atoms with Crippen LogP contribution in [0.5, 0.6) is 0 Å². The van der Waals surface area contributed by atoms with E-state index in [-0.39, 0.29) is 22.9 Å². The van der Waals surface area contributed by atoms with Gasteiger partial charge in [0.1, 0.15) is 0 Å². The quantitative estimate of drug-likeness (QED) is 0.775. The molecule has 1 aliphatic rings. The topological polar surface area (TPSA) is 54.5 Å². The van der Waals surface area contributed by atoms with Crippen LogP contribution in [0.15, 0.2) is 59.5 Å².